The molecule has 222 valence electrons. The van der Waals surface area contributed by atoms with Crippen molar-refractivity contribution >= 4 is 39.4 Å². The van der Waals surface area contributed by atoms with Crippen LogP contribution in [-0.2, 0) is 16.6 Å². The molecular weight excluding hydrogens is 586 g/mol. The van der Waals surface area contributed by atoms with Crippen molar-refractivity contribution in [2.24, 2.45) is 5.10 Å². The molecule has 4 aromatic carbocycles. The number of anilines is 1. The van der Waals surface area contributed by atoms with Crippen LogP contribution in [0.2, 0.25) is 5.02 Å². The monoisotopic (exact) mass is 617 g/mol. The number of ether oxygens (including phenoxy) is 2. The van der Waals surface area contributed by atoms with Crippen LogP contribution in [0.5, 0.6) is 11.5 Å². The van der Waals surface area contributed by atoms with Gasteiger partial charge in [-0.05, 0) is 85.1 Å². The summed E-state index contributed by atoms with van der Waals surface area (Å²) in [6.45, 7) is 8.21. The molecule has 1 N–H and O–H groups in total. The minimum Gasteiger partial charge on any atom is -0.490 e. The molecule has 0 unspecified atom stereocenters. The number of carbonyl (C=O) groups excluding carboxylic acids is 1. The zero-order chi connectivity index (χ0) is 30.8. The second-order valence-corrected chi connectivity index (χ2v) is 11.7. The number of amides is 1. The molecule has 0 aliphatic carbocycles. The number of carbonyl (C=O) groups is 1. The van der Waals surface area contributed by atoms with E-state index in [9.17, 15) is 13.2 Å². The molecule has 0 spiro atoms. The highest BCUT2D eigenvalue weighted by molar-refractivity contribution is 7.92. The Balaban J connectivity index is 1.49. The lowest BCUT2D eigenvalue weighted by Gasteiger charge is -2.26. The van der Waals surface area contributed by atoms with Crippen molar-refractivity contribution in [1.29, 1.82) is 0 Å². The fraction of sp³-hybridized carbons (Fsp3) is 0.152. The molecule has 10 heteroatoms. The number of hydrazone groups is 1. The van der Waals surface area contributed by atoms with Gasteiger partial charge in [-0.3, -0.25) is 9.10 Å². The van der Waals surface area contributed by atoms with E-state index in [1.807, 2.05) is 13.8 Å². The van der Waals surface area contributed by atoms with E-state index in [2.05, 4.69) is 17.1 Å². The van der Waals surface area contributed by atoms with Crippen LogP contribution in [0.15, 0.2) is 114 Å². The molecule has 0 bridgehead atoms. The smallest absolute Gasteiger partial charge is 0.271 e. The van der Waals surface area contributed by atoms with Crippen LogP contribution in [0.25, 0.3) is 0 Å². The Morgan fingerprint density at radius 1 is 0.977 bits per heavy atom. The van der Waals surface area contributed by atoms with Gasteiger partial charge in [0.15, 0.2) is 11.5 Å². The molecule has 0 aromatic heterocycles. The minimum absolute atomic E-state index is 0.0349. The predicted molar refractivity (Wildman–Crippen MR) is 171 cm³/mol. The van der Waals surface area contributed by atoms with E-state index in [1.165, 1.54) is 10.5 Å². The number of halogens is 1. The summed E-state index contributed by atoms with van der Waals surface area (Å²) in [5, 5.41) is 4.49. The molecule has 0 aliphatic heterocycles. The van der Waals surface area contributed by atoms with Crippen molar-refractivity contribution in [2.75, 3.05) is 17.5 Å². The van der Waals surface area contributed by atoms with Gasteiger partial charge in [-0.25, -0.2) is 13.8 Å². The van der Waals surface area contributed by atoms with Crippen LogP contribution in [0.4, 0.5) is 5.69 Å². The average Bonchev–Trinajstić information content (AvgIpc) is 3.01. The Bertz CT molecular complexity index is 1710. The van der Waals surface area contributed by atoms with Gasteiger partial charge < -0.3 is 9.47 Å². The Morgan fingerprint density at radius 3 is 2.42 bits per heavy atom. The highest BCUT2D eigenvalue weighted by atomic mass is 35.5. The van der Waals surface area contributed by atoms with E-state index in [0.29, 0.717) is 52.1 Å². The Hall–Kier alpha value is -4.60. The molecule has 4 rings (SSSR count). The molecule has 0 saturated carbocycles. The second kappa shape index (κ2) is 14.5. The van der Waals surface area contributed by atoms with Crippen LogP contribution in [0.3, 0.4) is 0 Å². The van der Waals surface area contributed by atoms with Crippen LogP contribution in [-0.4, -0.2) is 33.8 Å². The summed E-state index contributed by atoms with van der Waals surface area (Å²) >= 11 is 6.25. The lowest BCUT2D eigenvalue weighted by Crippen LogP contribution is -2.31. The van der Waals surface area contributed by atoms with Gasteiger partial charge in [-0.15, -0.1) is 0 Å². The lowest BCUT2D eigenvalue weighted by atomic mass is 10.1. The summed E-state index contributed by atoms with van der Waals surface area (Å²) in [7, 11) is -3.92. The van der Waals surface area contributed by atoms with Crippen molar-refractivity contribution in [3.63, 3.8) is 0 Å². The molecular formula is C33H32ClN3O5S. The van der Waals surface area contributed by atoms with E-state index in [4.69, 9.17) is 21.1 Å². The molecule has 0 atom stereocenters. The summed E-state index contributed by atoms with van der Waals surface area (Å²) in [5.74, 6) is 0.730. The number of hydrogen-bond acceptors (Lipinski definition) is 6. The summed E-state index contributed by atoms with van der Waals surface area (Å²) in [5.41, 5.74) is 5.50. The topological polar surface area (TPSA) is 97.3 Å². The van der Waals surface area contributed by atoms with Crippen molar-refractivity contribution in [3.05, 3.63) is 131 Å². The van der Waals surface area contributed by atoms with Crippen LogP contribution < -0.4 is 19.2 Å². The number of benzene rings is 4. The largest absolute Gasteiger partial charge is 0.490 e. The van der Waals surface area contributed by atoms with Gasteiger partial charge >= 0.3 is 0 Å². The number of hydrogen-bond donors (Lipinski definition) is 1. The maximum atomic E-state index is 13.7. The highest BCUT2D eigenvalue weighted by Gasteiger charge is 2.26. The van der Waals surface area contributed by atoms with Gasteiger partial charge in [0, 0.05) is 10.6 Å². The standard InChI is InChI=1S/C33H32ClN3O5S/c1-4-19-42-31-18-14-26(20-32(31)41-5-2)22-35-36-33(38)27-15-12-25(13-16-27)23-37(30-21-28(34)17-11-24(30)3)43(39,40)29-9-7-6-8-10-29/h4,6-18,20-22H,1,5,19,23H2,2-3H3,(H,36,38)/b35-22+. The fourth-order valence-corrected chi connectivity index (χ4v) is 5.87. The summed E-state index contributed by atoms with van der Waals surface area (Å²) in [6, 6.07) is 25.4. The maximum Gasteiger partial charge on any atom is 0.271 e. The van der Waals surface area contributed by atoms with Gasteiger partial charge in [-0.1, -0.05) is 60.7 Å². The summed E-state index contributed by atoms with van der Waals surface area (Å²) in [4.78, 5) is 12.9. The molecule has 0 aliphatic rings. The molecule has 43 heavy (non-hydrogen) atoms. The highest BCUT2D eigenvalue weighted by Crippen LogP contribution is 2.31. The average molecular weight is 618 g/mol. The number of aryl methyl sites for hydroxylation is 1. The Morgan fingerprint density at radius 2 is 1.72 bits per heavy atom. The van der Waals surface area contributed by atoms with E-state index < -0.39 is 15.9 Å². The number of sulfonamides is 1. The van der Waals surface area contributed by atoms with Crippen molar-refractivity contribution in [2.45, 2.75) is 25.3 Å². The molecule has 4 aromatic rings. The molecule has 0 fully saturated rings. The SMILES string of the molecule is C=CCOc1ccc(/C=N/NC(=O)c2ccc(CN(c3cc(Cl)ccc3C)S(=O)(=O)c3ccccc3)cc2)cc1OCC. The first kappa shape index (κ1) is 31.3. The van der Waals surface area contributed by atoms with Crippen LogP contribution >= 0.6 is 11.6 Å². The first-order valence-electron chi connectivity index (χ1n) is 13.5. The molecule has 1 amide bonds. The van der Waals surface area contributed by atoms with Gasteiger partial charge in [0.25, 0.3) is 15.9 Å². The summed E-state index contributed by atoms with van der Waals surface area (Å²) in [6.07, 6.45) is 3.15. The van der Waals surface area contributed by atoms with E-state index in [1.54, 1.807) is 97.1 Å². The number of nitrogens with one attached hydrogen (secondary N) is 1. The van der Waals surface area contributed by atoms with Crippen molar-refractivity contribution < 1.29 is 22.7 Å². The quantitative estimate of drug-likeness (QED) is 0.101. The second-order valence-electron chi connectivity index (χ2n) is 9.39. The predicted octanol–water partition coefficient (Wildman–Crippen LogP) is 6.77. The third-order valence-electron chi connectivity index (χ3n) is 6.32. The molecule has 0 radical (unpaired) electrons. The van der Waals surface area contributed by atoms with Gasteiger partial charge in [0.1, 0.15) is 6.61 Å². The van der Waals surface area contributed by atoms with Crippen LogP contribution in [0, 0.1) is 6.92 Å². The van der Waals surface area contributed by atoms with Crippen molar-refractivity contribution in [1.82, 2.24) is 5.43 Å². The maximum absolute atomic E-state index is 13.7. The van der Waals surface area contributed by atoms with E-state index in [-0.39, 0.29) is 11.4 Å². The Kier molecular flexibility index (Phi) is 10.6. The van der Waals surface area contributed by atoms with Crippen molar-refractivity contribution in [3.8, 4) is 11.5 Å². The first-order chi connectivity index (χ1) is 20.7. The molecule has 8 nitrogen and oxygen atoms in total. The van der Waals surface area contributed by atoms with Gasteiger partial charge in [0.05, 0.1) is 29.9 Å². The first-order valence-corrected chi connectivity index (χ1v) is 15.3. The molecule has 0 saturated heterocycles. The van der Waals surface area contributed by atoms with Crippen LogP contribution in [0.1, 0.15) is 34.0 Å². The van der Waals surface area contributed by atoms with Gasteiger partial charge in [0.2, 0.25) is 0 Å². The van der Waals surface area contributed by atoms with E-state index >= 15 is 0 Å². The fourth-order valence-electron chi connectivity index (χ4n) is 4.17. The number of rotatable bonds is 13. The zero-order valence-electron chi connectivity index (χ0n) is 23.9. The third-order valence-corrected chi connectivity index (χ3v) is 8.33. The summed E-state index contributed by atoms with van der Waals surface area (Å²) < 4.78 is 40.0. The molecule has 0 heterocycles. The minimum atomic E-state index is -3.92. The van der Waals surface area contributed by atoms with E-state index in [0.717, 1.165) is 5.56 Å². The Labute approximate surface area is 257 Å². The zero-order valence-corrected chi connectivity index (χ0v) is 25.4. The third kappa shape index (κ3) is 8.03. The lowest BCUT2D eigenvalue weighted by molar-refractivity contribution is 0.0955. The number of nitrogens with zero attached hydrogens (tertiary/aromatic N) is 2. The van der Waals surface area contributed by atoms with Gasteiger partial charge in [-0.2, -0.15) is 5.10 Å². The normalized spacial score (nSPS) is 11.2.